The minimum absolute atomic E-state index is 0.0769. The maximum absolute atomic E-state index is 12.1. The Morgan fingerprint density at radius 3 is 2.62 bits per heavy atom. The molecule has 2 heterocycles. The van der Waals surface area contributed by atoms with Gasteiger partial charge in [0.25, 0.3) is 0 Å². The lowest BCUT2D eigenvalue weighted by Crippen LogP contribution is -2.27. The number of esters is 1. The van der Waals surface area contributed by atoms with Crippen molar-refractivity contribution in [2.75, 3.05) is 19.8 Å². The monoisotopic (exact) mass is 333 g/mol. The number of nitrogens with zero attached hydrogens (tertiary/aromatic N) is 1. The molecular weight excluding hydrogens is 306 g/mol. The summed E-state index contributed by atoms with van der Waals surface area (Å²) in [4.78, 5) is 16.2. The molecule has 1 aromatic rings. The van der Waals surface area contributed by atoms with Crippen molar-refractivity contribution in [3.8, 4) is 11.6 Å². The van der Waals surface area contributed by atoms with Gasteiger partial charge in [-0.1, -0.05) is 32.1 Å². The van der Waals surface area contributed by atoms with Crippen molar-refractivity contribution in [2.45, 2.75) is 51.4 Å². The van der Waals surface area contributed by atoms with E-state index in [-0.39, 0.29) is 11.9 Å². The van der Waals surface area contributed by atoms with Crippen molar-refractivity contribution in [3.63, 3.8) is 0 Å². The number of ether oxygens (including phenoxy) is 3. The molecule has 0 bridgehead atoms. The Morgan fingerprint density at radius 1 is 1.12 bits per heavy atom. The van der Waals surface area contributed by atoms with Crippen LogP contribution in [0.4, 0.5) is 0 Å². The van der Waals surface area contributed by atoms with Crippen molar-refractivity contribution >= 4 is 5.97 Å². The van der Waals surface area contributed by atoms with Crippen LogP contribution in [0.2, 0.25) is 0 Å². The molecule has 2 aliphatic rings. The van der Waals surface area contributed by atoms with Gasteiger partial charge in [0.1, 0.15) is 5.75 Å². The molecule has 3 rings (SSSR count). The minimum Gasteiger partial charge on any atom is -0.492 e. The predicted molar refractivity (Wildman–Crippen MR) is 90.1 cm³/mol. The molecule has 0 amide bonds. The Bertz CT molecular complexity index is 505. The van der Waals surface area contributed by atoms with Gasteiger partial charge >= 0.3 is 5.97 Å². The van der Waals surface area contributed by atoms with Crippen LogP contribution < -0.4 is 9.47 Å². The van der Waals surface area contributed by atoms with Crippen LogP contribution in [0.15, 0.2) is 18.3 Å². The fraction of sp³-hybridized carbons (Fsp3) is 0.684. The zero-order chi connectivity index (χ0) is 16.6. The van der Waals surface area contributed by atoms with Gasteiger partial charge in [-0.05, 0) is 31.2 Å². The van der Waals surface area contributed by atoms with Gasteiger partial charge in [0.2, 0.25) is 5.88 Å². The largest absolute Gasteiger partial charge is 0.492 e. The molecule has 1 aliphatic heterocycles. The van der Waals surface area contributed by atoms with E-state index in [0.717, 1.165) is 37.5 Å². The second-order valence-corrected chi connectivity index (χ2v) is 6.78. The molecule has 1 aliphatic carbocycles. The van der Waals surface area contributed by atoms with Crippen molar-refractivity contribution in [1.82, 2.24) is 4.98 Å². The fourth-order valence-corrected chi connectivity index (χ4v) is 3.45. The standard InChI is InChI=1S/C19H27NO4/c21-19(16-9-11-22-12-10-16)24-18-7-6-17(14-20-18)23-13-8-15-4-2-1-3-5-15/h6-7,14-16H,1-5,8-13H2. The molecule has 5 nitrogen and oxygen atoms in total. The molecule has 0 unspecified atom stereocenters. The molecule has 0 aromatic carbocycles. The molecular formula is C19H27NO4. The summed E-state index contributed by atoms with van der Waals surface area (Å²) in [5.41, 5.74) is 0. The van der Waals surface area contributed by atoms with Gasteiger partial charge in [-0.25, -0.2) is 4.98 Å². The third-order valence-corrected chi connectivity index (χ3v) is 4.99. The van der Waals surface area contributed by atoms with E-state index < -0.39 is 0 Å². The summed E-state index contributed by atoms with van der Waals surface area (Å²) < 4.78 is 16.4. The van der Waals surface area contributed by atoms with Crippen molar-refractivity contribution < 1.29 is 19.0 Å². The van der Waals surface area contributed by atoms with Crippen molar-refractivity contribution in [1.29, 1.82) is 0 Å². The molecule has 5 heteroatoms. The lowest BCUT2D eigenvalue weighted by molar-refractivity contribution is -0.142. The van der Waals surface area contributed by atoms with Gasteiger partial charge in [0.15, 0.2) is 0 Å². The Balaban J connectivity index is 1.40. The molecule has 24 heavy (non-hydrogen) atoms. The zero-order valence-electron chi connectivity index (χ0n) is 14.2. The highest BCUT2D eigenvalue weighted by molar-refractivity contribution is 5.74. The molecule has 0 N–H and O–H groups in total. The number of carbonyl (C=O) groups is 1. The second-order valence-electron chi connectivity index (χ2n) is 6.78. The quantitative estimate of drug-likeness (QED) is 0.742. The lowest BCUT2D eigenvalue weighted by Gasteiger charge is -2.21. The number of pyridine rings is 1. The molecule has 2 fully saturated rings. The summed E-state index contributed by atoms with van der Waals surface area (Å²) in [5.74, 6) is 1.60. The Morgan fingerprint density at radius 2 is 1.92 bits per heavy atom. The molecule has 132 valence electrons. The van der Waals surface area contributed by atoms with Gasteiger partial charge in [0, 0.05) is 19.3 Å². The first-order valence-corrected chi connectivity index (χ1v) is 9.19. The van der Waals surface area contributed by atoms with Crippen molar-refractivity contribution in [2.24, 2.45) is 11.8 Å². The first-order valence-electron chi connectivity index (χ1n) is 9.19. The second kappa shape index (κ2) is 9.02. The van der Waals surface area contributed by atoms with E-state index >= 15 is 0 Å². The first-order chi connectivity index (χ1) is 11.8. The topological polar surface area (TPSA) is 57.7 Å². The molecule has 1 aromatic heterocycles. The normalized spacial score (nSPS) is 19.8. The van der Waals surface area contributed by atoms with Gasteiger partial charge in [-0.15, -0.1) is 0 Å². The summed E-state index contributed by atoms with van der Waals surface area (Å²) in [5, 5.41) is 0. The van der Waals surface area contributed by atoms with E-state index in [0.29, 0.717) is 19.1 Å². The highest BCUT2D eigenvalue weighted by Crippen LogP contribution is 2.26. The maximum atomic E-state index is 12.1. The summed E-state index contributed by atoms with van der Waals surface area (Å²) in [6.45, 7) is 1.98. The molecule has 1 saturated carbocycles. The first kappa shape index (κ1) is 17.2. The van der Waals surface area contributed by atoms with E-state index in [1.807, 2.05) is 6.07 Å². The van der Waals surface area contributed by atoms with E-state index in [2.05, 4.69) is 4.98 Å². The van der Waals surface area contributed by atoms with Crippen LogP contribution in [-0.4, -0.2) is 30.8 Å². The number of hydrogen-bond donors (Lipinski definition) is 0. The van der Waals surface area contributed by atoms with Crippen LogP contribution in [0.1, 0.15) is 51.4 Å². The van der Waals surface area contributed by atoms with E-state index in [1.165, 1.54) is 32.1 Å². The average molecular weight is 333 g/mol. The number of carbonyl (C=O) groups excluding carboxylic acids is 1. The summed E-state index contributed by atoms with van der Waals surface area (Å²) in [7, 11) is 0. The highest BCUT2D eigenvalue weighted by atomic mass is 16.5. The van der Waals surface area contributed by atoms with Crippen molar-refractivity contribution in [3.05, 3.63) is 18.3 Å². The predicted octanol–water partition coefficient (Wildman–Crippen LogP) is 3.76. The van der Waals surface area contributed by atoms with Gasteiger partial charge in [0.05, 0.1) is 18.7 Å². The van der Waals surface area contributed by atoms with Crippen LogP contribution in [0, 0.1) is 11.8 Å². The van der Waals surface area contributed by atoms with Gasteiger partial charge in [-0.3, -0.25) is 4.79 Å². The Kier molecular flexibility index (Phi) is 6.47. The van der Waals surface area contributed by atoms with E-state index in [1.54, 1.807) is 12.3 Å². The van der Waals surface area contributed by atoms with Gasteiger partial charge in [-0.2, -0.15) is 0 Å². The smallest absolute Gasteiger partial charge is 0.315 e. The zero-order valence-corrected chi connectivity index (χ0v) is 14.2. The molecule has 1 saturated heterocycles. The fourth-order valence-electron chi connectivity index (χ4n) is 3.45. The van der Waals surface area contributed by atoms with Crippen LogP contribution in [0.3, 0.4) is 0 Å². The molecule has 0 atom stereocenters. The van der Waals surface area contributed by atoms with E-state index in [4.69, 9.17) is 14.2 Å². The number of rotatable bonds is 6. The summed E-state index contributed by atoms with van der Waals surface area (Å²) in [6, 6.07) is 3.52. The summed E-state index contributed by atoms with van der Waals surface area (Å²) >= 11 is 0. The molecule has 0 spiro atoms. The van der Waals surface area contributed by atoms with Crippen LogP contribution in [-0.2, 0) is 9.53 Å². The average Bonchev–Trinajstić information content (AvgIpc) is 2.65. The Labute approximate surface area is 143 Å². The Hall–Kier alpha value is -1.62. The SMILES string of the molecule is O=C(Oc1ccc(OCCC2CCCCC2)cn1)C1CCOCC1. The highest BCUT2D eigenvalue weighted by Gasteiger charge is 2.23. The van der Waals surface area contributed by atoms with E-state index in [9.17, 15) is 4.79 Å². The minimum atomic E-state index is -0.211. The van der Waals surface area contributed by atoms with Crippen LogP contribution in [0.5, 0.6) is 11.6 Å². The van der Waals surface area contributed by atoms with Gasteiger partial charge < -0.3 is 14.2 Å². The van der Waals surface area contributed by atoms with Crippen LogP contribution in [0.25, 0.3) is 0 Å². The maximum Gasteiger partial charge on any atom is 0.315 e. The number of aromatic nitrogens is 1. The molecule has 0 radical (unpaired) electrons. The lowest BCUT2D eigenvalue weighted by atomic mass is 9.87. The third kappa shape index (κ3) is 5.20. The third-order valence-electron chi connectivity index (χ3n) is 4.99. The number of hydrogen-bond acceptors (Lipinski definition) is 5. The van der Waals surface area contributed by atoms with Crippen LogP contribution >= 0.6 is 0 Å². The summed E-state index contributed by atoms with van der Waals surface area (Å²) in [6.07, 6.45) is 11.0.